The third-order valence-electron chi connectivity index (χ3n) is 3.92. The second-order valence-electron chi connectivity index (χ2n) is 5.53. The lowest BCUT2D eigenvalue weighted by Crippen LogP contribution is -2.45. The molecule has 2 aromatic rings. The summed E-state index contributed by atoms with van der Waals surface area (Å²) in [7, 11) is 0. The van der Waals surface area contributed by atoms with E-state index in [-0.39, 0.29) is 5.91 Å². The van der Waals surface area contributed by atoms with Crippen molar-refractivity contribution in [3.8, 4) is 5.75 Å². The van der Waals surface area contributed by atoms with Crippen LogP contribution < -0.4 is 9.64 Å². The van der Waals surface area contributed by atoms with Crippen LogP contribution in [0.5, 0.6) is 5.75 Å². The summed E-state index contributed by atoms with van der Waals surface area (Å²) in [6.07, 6.45) is 0.766. The molecule has 24 heavy (non-hydrogen) atoms. The number of rotatable bonds is 4. The summed E-state index contributed by atoms with van der Waals surface area (Å²) in [5.41, 5.74) is 1.91. The van der Waals surface area contributed by atoms with Gasteiger partial charge in [0.05, 0.1) is 22.3 Å². The fourth-order valence-corrected chi connectivity index (χ4v) is 2.98. The van der Waals surface area contributed by atoms with E-state index in [1.54, 1.807) is 35.2 Å². The molecule has 1 aliphatic heterocycles. The average molecular weight is 364 g/mol. The zero-order valence-electron chi connectivity index (χ0n) is 13.0. The predicted molar refractivity (Wildman–Crippen MR) is 94.2 cm³/mol. The molecule has 0 saturated heterocycles. The Hall–Kier alpha value is -2.04. The van der Waals surface area contributed by atoms with Crippen LogP contribution in [-0.4, -0.2) is 18.3 Å². The fourth-order valence-electron chi connectivity index (χ4n) is 2.66. The van der Waals surface area contributed by atoms with Gasteiger partial charge in [-0.15, -0.1) is 0 Å². The Morgan fingerprint density at radius 1 is 1.17 bits per heavy atom. The minimum atomic E-state index is -0.539. The van der Waals surface area contributed by atoms with E-state index in [4.69, 9.17) is 27.9 Å². The van der Waals surface area contributed by atoms with E-state index in [0.717, 1.165) is 11.8 Å². The molecule has 124 valence electrons. The van der Waals surface area contributed by atoms with E-state index < -0.39 is 6.10 Å². The van der Waals surface area contributed by atoms with Gasteiger partial charge < -0.3 is 9.64 Å². The van der Waals surface area contributed by atoms with Gasteiger partial charge in [-0.25, -0.2) is 0 Å². The normalized spacial score (nSPS) is 16.5. The third-order valence-corrected chi connectivity index (χ3v) is 4.66. The lowest BCUT2D eigenvalue weighted by molar-refractivity contribution is -0.126. The highest BCUT2D eigenvalue weighted by atomic mass is 35.5. The zero-order valence-corrected chi connectivity index (χ0v) is 14.5. The second kappa shape index (κ2) is 6.83. The Morgan fingerprint density at radius 3 is 2.62 bits per heavy atom. The molecule has 0 radical (unpaired) electrons. The SMILES string of the molecule is CCC1Oc2ccc(C=O)cc2N(Cc2ccc(Cl)c(Cl)c2)C1=O. The molecule has 1 aliphatic rings. The quantitative estimate of drug-likeness (QED) is 0.750. The van der Waals surface area contributed by atoms with Crippen molar-refractivity contribution in [2.24, 2.45) is 0 Å². The minimum absolute atomic E-state index is 0.140. The molecule has 0 saturated carbocycles. The maximum atomic E-state index is 12.7. The van der Waals surface area contributed by atoms with Crippen molar-refractivity contribution in [1.29, 1.82) is 0 Å². The maximum Gasteiger partial charge on any atom is 0.268 e. The number of fused-ring (bicyclic) bond motifs is 1. The molecule has 1 amide bonds. The van der Waals surface area contributed by atoms with Gasteiger partial charge in [-0.2, -0.15) is 0 Å². The first kappa shape index (κ1) is 16.8. The summed E-state index contributed by atoms with van der Waals surface area (Å²) < 4.78 is 5.75. The Balaban J connectivity index is 2.02. The molecule has 0 spiro atoms. The van der Waals surface area contributed by atoms with Crippen LogP contribution in [0.2, 0.25) is 10.0 Å². The van der Waals surface area contributed by atoms with Crippen molar-refractivity contribution in [3.05, 3.63) is 57.6 Å². The molecule has 2 aromatic carbocycles. The van der Waals surface area contributed by atoms with E-state index >= 15 is 0 Å². The van der Waals surface area contributed by atoms with Crippen LogP contribution in [-0.2, 0) is 11.3 Å². The summed E-state index contributed by atoms with van der Waals surface area (Å²) in [5, 5.41) is 0.896. The number of benzene rings is 2. The van der Waals surface area contributed by atoms with Crippen molar-refractivity contribution in [3.63, 3.8) is 0 Å². The van der Waals surface area contributed by atoms with Crippen LogP contribution in [0.3, 0.4) is 0 Å². The summed E-state index contributed by atoms with van der Waals surface area (Å²) in [4.78, 5) is 25.4. The highest BCUT2D eigenvalue weighted by Crippen LogP contribution is 2.36. The van der Waals surface area contributed by atoms with E-state index in [2.05, 4.69) is 0 Å². The van der Waals surface area contributed by atoms with E-state index in [1.165, 1.54) is 0 Å². The molecule has 4 nitrogen and oxygen atoms in total. The van der Waals surface area contributed by atoms with Gasteiger partial charge in [-0.3, -0.25) is 9.59 Å². The number of nitrogens with zero attached hydrogens (tertiary/aromatic N) is 1. The lowest BCUT2D eigenvalue weighted by Gasteiger charge is -2.34. The number of carbonyl (C=O) groups is 2. The smallest absolute Gasteiger partial charge is 0.268 e. The second-order valence-corrected chi connectivity index (χ2v) is 6.35. The van der Waals surface area contributed by atoms with E-state index in [9.17, 15) is 9.59 Å². The summed E-state index contributed by atoms with van der Waals surface area (Å²) in [5.74, 6) is 0.450. The van der Waals surface area contributed by atoms with E-state index in [1.807, 2.05) is 13.0 Å². The Bertz CT molecular complexity index is 807. The Morgan fingerprint density at radius 2 is 1.96 bits per heavy atom. The molecule has 1 unspecified atom stereocenters. The van der Waals surface area contributed by atoms with Crippen molar-refractivity contribution in [2.45, 2.75) is 26.0 Å². The number of amides is 1. The van der Waals surface area contributed by atoms with Crippen molar-refractivity contribution in [2.75, 3.05) is 4.90 Å². The average Bonchev–Trinajstić information content (AvgIpc) is 2.59. The Labute approximate surface area is 149 Å². The summed E-state index contributed by atoms with van der Waals surface area (Å²) in [6.45, 7) is 2.22. The molecule has 0 N–H and O–H groups in total. The van der Waals surface area contributed by atoms with Crippen LogP contribution >= 0.6 is 23.2 Å². The monoisotopic (exact) mass is 363 g/mol. The molecule has 1 atom stereocenters. The summed E-state index contributed by atoms with van der Waals surface area (Å²) in [6, 6.07) is 10.3. The van der Waals surface area contributed by atoms with Gasteiger partial charge in [0.25, 0.3) is 5.91 Å². The van der Waals surface area contributed by atoms with Crippen molar-refractivity contribution >= 4 is 41.1 Å². The number of carbonyl (C=O) groups excluding carboxylic acids is 2. The van der Waals surface area contributed by atoms with Gasteiger partial charge in [-0.1, -0.05) is 36.2 Å². The van der Waals surface area contributed by atoms with Crippen LogP contribution in [0, 0.1) is 0 Å². The first-order chi connectivity index (χ1) is 11.5. The standard InChI is InChI=1S/C18H15Cl2NO3/c1-2-16-18(23)21(9-11-3-5-13(19)14(20)7-11)15-8-12(10-22)4-6-17(15)24-16/h3-8,10,16H,2,9H2,1H3. The van der Waals surface area contributed by atoms with Gasteiger partial charge in [-0.05, 0) is 42.3 Å². The molecular weight excluding hydrogens is 349 g/mol. The molecule has 6 heteroatoms. The topological polar surface area (TPSA) is 46.6 Å². The molecule has 0 aromatic heterocycles. The van der Waals surface area contributed by atoms with Gasteiger partial charge >= 0.3 is 0 Å². The van der Waals surface area contributed by atoms with Crippen molar-refractivity contribution in [1.82, 2.24) is 0 Å². The highest BCUT2D eigenvalue weighted by molar-refractivity contribution is 6.42. The molecule has 0 bridgehead atoms. The third kappa shape index (κ3) is 3.12. The predicted octanol–water partition coefficient (Wildman–Crippen LogP) is 4.51. The van der Waals surface area contributed by atoms with Gasteiger partial charge in [0.2, 0.25) is 0 Å². The number of halogens is 2. The number of hydrogen-bond donors (Lipinski definition) is 0. The highest BCUT2D eigenvalue weighted by Gasteiger charge is 2.33. The molecule has 0 aliphatic carbocycles. The number of aldehydes is 1. The Kier molecular flexibility index (Phi) is 4.78. The molecule has 3 rings (SSSR count). The van der Waals surface area contributed by atoms with Crippen LogP contribution in [0.4, 0.5) is 5.69 Å². The van der Waals surface area contributed by atoms with Gasteiger partial charge in [0, 0.05) is 5.56 Å². The molecule has 0 fully saturated rings. The maximum absolute atomic E-state index is 12.7. The van der Waals surface area contributed by atoms with Crippen LogP contribution in [0.15, 0.2) is 36.4 Å². The lowest BCUT2D eigenvalue weighted by atomic mass is 10.1. The number of anilines is 1. The first-order valence-electron chi connectivity index (χ1n) is 7.54. The van der Waals surface area contributed by atoms with Gasteiger partial charge in [0.1, 0.15) is 12.0 Å². The van der Waals surface area contributed by atoms with Crippen LogP contribution in [0.25, 0.3) is 0 Å². The zero-order chi connectivity index (χ0) is 17.3. The summed E-state index contributed by atoms with van der Waals surface area (Å²) >= 11 is 12.0. The largest absolute Gasteiger partial charge is 0.478 e. The minimum Gasteiger partial charge on any atom is -0.478 e. The molecular formula is C18H15Cl2NO3. The van der Waals surface area contributed by atoms with Crippen molar-refractivity contribution < 1.29 is 14.3 Å². The molecule has 1 heterocycles. The number of hydrogen-bond acceptors (Lipinski definition) is 3. The fraction of sp³-hybridized carbons (Fsp3) is 0.222. The van der Waals surface area contributed by atoms with Crippen LogP contribution in [0.1, 0.15) is 29.3 Å². The number of ether oxygens (including phenoxy) is 1. The van der Waals surface area contributed by atoms with Gasteiger partial charge in [0.15, 0.2) is 6.10 Å². The first-order valence-corrected chi connectivity index (χ1v) is 8.30. The van der Waals surface area contributed by atoms with E-state index in [0.29, 0.717) is 40.0 Å².